The Hall–Kier alpha value is -2.33. The van der Waals surface area contributed by atoms with Crippen LogP contribution in [-0.2, 0) is 6.54 Å². The van der Waals surface area contributed by atoms with Gasteiger partial charge in [0.2, 0.25) is 0 Å². The minimum absolute atomic E-state index is 0.592. The zero-order valence-electron chi connectivity index (χ0n) is 11.6. The molecule has 0 aliphatic rings. The van der Waals surface area contributed by atoms with Gasteiger partial charge < -0.3 is 5.73 Å². The molecule has 0 aliphatic carbocycles. The number of nitrogen functional groups attached to an aromatic ring is 1. The molecule has 0 aliphatic heterocycles. The molecular weight excluding hydrogens is 284 g/mol. The first kappa shape index (κ1) is 13.6. The molecule has 0 unspecified atom stereocenters. The molecule has 0 spiro atoms. The maximum Gasteiger partial charge on any atom is 0.181 e. The molecule has 3 aromatic rings. The van der Waals surface area contributed by atoms with Gasteiger partial charge in [0, 0.05) is 16.3 Å². The zero-order chi connectivity index (χ0) is 14.8. The Balaban J connectivity index is 1.85. The Kier molecular flexibility index (Phi) is 3.62. The first-order valence-corrected chi connectivity index (χ1v) is 7.00. The number of aryl methyl sites for hydroxylation is 1. The van der Waals surface area contributed by atoms with Gasteiger partial charge in [-0.05, 0) is 36.2 Å². The zero-order valence-corrected chi connectivity index (χ0v) is 12.4. The highest BCUT2D eigenvalue weighted by Gasteiger charge is 2.07. The van der Waals surface area contributed by atoms with Crippen LogP contribution >= 0.6 is 11.6 Å². The van der Waals surface area contributed by atoms with Crippen molar-refractivity contribution in [3.05, 3.63) is 64.9 Å². The number of hydrogen-bond donors (Lipinski definition) is 1. The number of nitrogens with two attached hydrogens (primary N) is 1. The van der Waals surface area contributed by atoms with Crippen LogP contribution in [0, 0.1) is 6.92 Å². The van der Waals surface area contributed by atoms with Gasteiger partial charge in [0.1, 0.15) is 6.33 Å². The largest absolute Gasteiger partial charge is 0.399 e. The molecular formula is C16H15ClN4. The van der Waals surface area contributed by atoms with Crippen LogP contribution in [0.15, 0.2) is 48.8 Å². The Morgan fingerprint density at radius 3 is 2.81 bits per heavy atom. The van der Waals surface area contributed by atoms with Crippen molar-refractivity contribution in [2.24, 2.45) is 0 Å². The molecule has 0 amide bonds. The fourth-order valence-electron chi connectivity index (χ4n) is 2.14. The Bertz CT molecular complexity index is 779. The van der Waals surface area contributed by atoms with Gasteiger partial charge >= 0.3 is 0 Å². The molecule has 1 heterocycles. The lowest BCUT2D eigenvalue weighted by Gasteiger charge is -2.05. The standard InChI is InChI=1S/C16H15ClN4/c1-11-5-6-13(15(17)7-11)9-21-10-19-16(20-21)12-3-2-4-14(18)8-12/h2-8,10H,9,18H2,1H3. The first-order valence-electron chi connectivity index (χ1n) is 6.62. The second-order valence-electron chi connectivity index (χ2n) is 4.99. The van der Waals surface area contributed by atoms with E-state index in [4.69, 9.17) is 17.3 Å². The van der Waals surface area contributed by atoms with Crippen LogP contribution in [0.25, 0.3) is 11.4 Å². The number of halogens is 1. The predicted molar refractivity (Wildman–Crippen MR) is 85.2 cm³/mol. The summed E-state index contributed by atoms with van der Waals surface area (Å²) in [5.41, 5.74) is 9.55. The van der Waals surface area contributed by atoms with E-state index in [9.17, 15) is 0 Å². The van der Waals surface area contributed by atoms with E-state index in [0.717, 1.165) is 21.7 Å². The lowest BCUT2D eigenvalue weighted by Crippen LogP contribution is -2.01. The van der Waals surface area contributed by atoms with Gasteiger partial charge in [0.25, 0.3) is 0 Å². The van der Waals surface area contributed by atoms with Gasteiger partial charge in [-0.1, -0.05) is 35.9 Å². The third kappa shape index (κ3) is 3.06. The van der Waals surface area contributed by atoms with Crippen LogP contribution in [0.1, 0.15) is 11.1 Å². The summed E-state index contributed by atoms with van der Waals surface area (Å²) in [6.45, 7) is 2.61. The molecule has 0 bridgehead atoms. The molecule has 2 N–H and O–H groups in total. The lowest BCUT2D eigenvalue weighted by atomic mass is 10.1. The quantitative estimate of drug-likeness (QED) is 0.753. The van der Waals surface area contributed by atoms with E-state index >= 15 is 0 Å². The van der Waals surface area contributed by atoms with Crippen molar-refractivity contribution in [1.82, 2.24) is 14.8 Å². The second-order valence-corrected chi connectivity index (χ2v) is 5.39. The SMILES string of the molecule is Cc1ccc(Cn2cnc(-c3cccc(N)c3)n2)c(Cl)c1. The Morgan fingerprint density at radius 1 is 1.19 bits per heavy atom. The molecule has 0 radical (unpaired) electrons. The van der Waals surface area contributed by atoms with Crippen molar-refractivity contribution < 1.29 is 0 Å². The summed E-state index contributed by atoms with van der Waals surface area (Å²) in [6.07, 6.45) is 1.70. The topological polar surface area (TPSA) is 56.7 Å². The fourth-order valence-corrected chi connectivity index (χ4v) is 2.43. The molecule has 0 atom stereocenters. The maximum atomic E-state index is 6.25. The molecule has 0 saturated carbocycles. The summed E-state index contributed by atoms with van der Waals surface area (Å²) in [5, 5.41) is 5.22. The summed E-state index contributed by atoms with van der Waals surface area (Å²) in [7, 11) is 0. The van der Waals surface area contributed by atoms with E-state index in [-0.39, 0.29) is 0 Å². The first-order chi connectivity index (χ1) is 10.1. The molecule has 0 fully saturated rings. The van der Waals surface area contributed by atoms with Gasteiger partial charge in [-0.3, -0.25) is 0 Å². The van der Waals surface area contributed by atoms with E-state index < -0.39 is 0 Å². The van der Waals surface area contributed by atoms with E-state index in [1.807, 2.05) is 49.4 Å². The van der Waals surface area contributed by atoms with Gasteiger partial charge in [-0.15, -0.1) is 0 Å². The summed E-state index contributed by atoms with van der Waals surface area (Å²) < 4.78 is 1.77. The second kappa shape index (κ2) is 5.58. The Labute approximate surface area is 128 Å². The highest BCUT2D eigenvalue weighted by atomic mass is 35.5. The smallest absolute Gasteiger partial charge is 0.181 e. The van der Waals surface area contributed by atoms with Crippen molar-refractivity contribution in [2.45, 2.75) is 13.5 Å². The van der Waals surface area contributed by atoms with Gasteiger partial charge in [0.15, 0.2) is 5.82 Å². The molecule has 3 rings (SSSR count). The normalized spacial score (nSPS) is 10.8. The number of anilines is 1. The fraction of sp³-hybridized carbons (Fsp3) is 0.125. The van der Waals surface area contributed by atoms with E-state index in [1.165, 1.54) is 0 Å². The molecule has 0 saturated heterocycles. The summed E-state index contributed by atoms with van der Waals surface area (Å²) >= 11 is 6.25. The average molecular weight is 299 g/mol. The molecule has 1 aromatic heterocycles. The minimum Gasteiger partial charge on any atom is -0.399 e. The summed E-state index contributed by atoms with van der Waals surface area (Å²) in [5.74, 6) is 0.658. The minimum atomic E-state index is 0.592. The number of nitrogens with zero attached hydrogens (tertiary/aromatic N) is 3. The average Bonchev–Trinajstić information content (AvgIpc) is 2.91. The molecule has 4 nitrogen and oxygen atoms in total. The maximum absolute atomic E-state index is 6.25. The van der Waals surface area contributed by atoms with Gasteiger partial charge in [0.05, 0.1) is 6.54 Å². The van der Waals surface area contributed by atoms with Crippen molar-refractivity contribution in [3.8, 4) is 11.4 Å². The number of hydrogen-bond acceptors (Lipinski definition) is 3. The van der Waals surface area contributed by atoms with Crippen molar-refractivity contribution in [2.75, 3.05) is 5.73 Å². The number of benzene rings is 2. The number of rotatable bonds is 3. The van der Waals surface area contributed by atoms with Crippen LogP contribution in [0.2, 0.25) is 5.02 Å². The van der Waals surface area contributed by atoms with Crippen LogP contribution < -0.4 is 5.73 Å². The van der Waals surface area contributed by atoms with Crippen LogP contribution in [0.4, 0.5) is 5.69 Å². The number of aromatic nitrogens is 3. The highest BCUT2D eigenvalue weighted by molar-refractivity contribution is 6.31. The van der Waals surface area contributed by atoms with Crippen molar-refractivity contribution in [3.63, 3.8) is 0 Å². The van der Waals surface area contributed by atoms with E-state index in [1.54, 1.807) is 11.0 Å². The van der Waals surface area contributed by atoms with Gasteiger partial charge in [-0.2, -0.15) is 5.10 Å². The summed E-state index contributed by atoms with van der Waals surface area (Å²) in [4.78, 5) is 4.32. The molecule has 106 valence electrons. The van der Waals surface area contributed by atoms with Crippen LogP contribution in [-0.4, -0.2) is 14.8 Å². The summed E-state index contributed by atoms with van der Waals surface area (Å²) in [6, 6.07) is 13.5. The van der Waals surface area contributed by atoms with Crippen molar-refractivity contribution in [1.29, 1.82) is 0 Å². The lowest BCUT2D eigenvalue weighted by molar-refractivity contribution is 0.687. The highest BCUT2D eigenvalue weighted by Crippen LogP contribution is 2.20. The molecule has 21 heavy (non-hydrogen) atoms. The third-order valence-corrected chi connectivity index (χ3v) is 3.57. The van der Waals surface area contributed by atoms with Crippen LogP contribution in [0.5, 0.6) is 0 Å². The molecule has 5 heteroatoms. The van der Waals surface area contributed by atoms with Crippen molar-refractivity contribution >= 4 is 17.3 Å². The third-order valence-electron chi connectivity index (χ3n) is 3.22. The molecule has 2 aromatic carbocycles. The van der Waals surface area contributed by atoms with E-state index in [0.29, 0.717) is 18.1 Å². The predicted octanol–water partition coefficient (Wildman–Crippen LogP) is 3.54. The monoisotopic (exact) mass is 298 g/mol. The van der Waals surface area contributed by atoms with Crippen LogP contribution in [0.3, 0.4) is 0 Å². The van der Waals surface area contributed by atoms with Gasteiger partial charge in [-0.25, -0.2) is 9.67 Å². The van der Waals surface area contributed by atoms with E-state index in [2.05, 4.69) is 10.1 Å². The Morgan fingerprint density at radius 2 is 2.05 bits per heavy atom.